The Bertz CT molecular complexity index is 1330. The van der Waals surface area contributed by atoms with E-state index >= 15 is 0 Å². The second-order valence-electron chi connectivity index (χ2n) is 5.93. The Morgan fingerprint density at radius 2 is 1.71 bits per heavy atom. The Kier molecular flexibility index (Phi) is 4.04. The summed E-state index contributed by atoms with van der Waals surface area (Å²) in [5.41, 5.74) is -1.13. The molecule has 1 aliphatic heterocycles. The zero-order chi connectivity index (χ0) is 19.8. The van der Waals surface area contributed by atoms with Gasteiger partial charge in [-0.1, -0.05) is 24.3 Å². The summed E-state index contributed by atoms with van der Waals surface area (Å²) in [4.78, 5) is 53.0. The number of urea groups is 1. The summed E-state index contributed by atoms with van der Waals surface area (Å²) in [5.74, 6) is -1.72. The second-order valence-corrected chi connectivity index (χ2v) is 5.93. The molecule has 2 N–H and O–H groups in total. The number of amides is 3. The zero-order valence-electron chi connectivity index (χ0n) is 14.1. The zero-order valence-corrected chi connectivity index (χ0v) is 14.1. The van der Waals surface area contributed by atoms with Gasteiger partial charge in [0, 0.05) is 0 Å². The van der Waals surface area contributed by atoms with Crippen LogP contribution >= 0.6 is 0 Å². The van der Waals surface area contributed by atoms with Crippen LogP contribution < -0.4 is 16.4 Å². The Morgan fingerprint density at radius 1 is 0.964 bits per heavy atom. The van der Waals surface area contributed by atoms with E-state index in [1.54, 1.807) is 12.1 Å². The van der Waals surface area contributed by atoms with Gasteiger partial charge in [0.1, 0.15) is 5.82 Å². The highest BCUT2D eigenvalue weighted by Gasteiger charge is 2.28. The van der Waals surface area contributed by atoms with E-state index in [-0.39, 0.29) is 22.2 Å². The third kappa shape index (κ3) is 2.94. The van der Waals surface area contributed by atoms with Crippen LogP contribution in [0.3, 0.4) is 0 Å². The quantitative estimate of drug-likeness (QED) is 0.623. The third-order valence-corrected chi connectivity index (χ3v) is 4.10. The average molecular weight is 378 g/mol. The minimum absolute atomic E-state index is 0.0949. The number of fused-ring (bicyclic) bond motifs is 1. The maximum absolute atomic E-state index is 13.5. The molecule has 9 heteroatoms. The Balaban J connectivity index is 1.98. The summed E-state index contributed by atoms with van der Waals surface area (Å²) in [6, 6.07) is 10.5. The average Bonchev–Trinajstić information content (AvgIpc) is 2.67. The fraction of sp³-hybridized carbons (Fsp3) is 0. The first kappa shape index (κ1) is 17.3. The molecule has 4 rings (SSSR count). The number of hydrogen-bond donors (Lipinski definition) is 2. The Labute approximate surface area is 155 Å². The summed E-state index contributed by atoms with van der Waals surface area (Å²) >= 11 is 0. The number of rotatable bonds is 1. The molecular weight excluding hydrogens is 367 g/mol. The van der Waals surface area contributed by atoms with Crippen molar-refractivity contribution in [2.75, 3.05) is 0 Å². The standard InChI is InChI=1S/C19H11FN4O4/c20-11-5-3-4-10(8-11)9-14-15(21-19(28)22-16(14)25)24-18(27)13-7-2-1-6-12(13)17(26)23-24/h1-9H,(H,23,26)(H,22,25,28)/b14-9-. The first-order chi connectivity index (χ1) is 13.4. The molecule has 2 aromatic carbocycles. The maximum Gasteiger partial charge on any atom is 0.349 e. The molecule has 3 aromatic rings. The number of aromatic amines is 1. The van der Waals surface area contributed by atoms with Crippen LogP contribution in [0.1, 0.15) is 5.56 Å². The van der Waals surface area contributed by atoms with Crippen LogP contribution in [0.2, 0.25) is 0 Å². The van der Waals surface area contributed by atoms with Gasteiger partial charge in [-0.25, -0.2) is 9.18 Å². The van der Waals surface area contributed by atoms with Crippen LogP contribution in [0, 0.1) is 5.82 Å². The van der Waals surface area contributed by atoms with Crippen molar-refractivity contribution in [3.8, 4) is 0 Å². The fourth-order valence-electron chi connectivity index (χ4n) is 2.86. The van der Waals surface area contributed by atoms with Crippen molar-refractivity contribution in [2.45, 2.75) is 0 Å². The first-order valence-electron chi connectivity index (χ1n) is 8.10. The molecule has 1 aliphatic rings. The highest BCUT2D eigenvalue weighted by atomic mass is 19.1. The number of imide groups is 1. The minimum Gasteiger partial charge on any atom is -0.272 e. The number of carbonyl (C=O) groups is 2. The van der Waals surface area contributed by atoms with E-state index in [0.717, 1.165) is 4.68 Å². The molecule has 0 fully saturated rings. The van der Waals surface area contributed by atoms with Gasteiger partial charge in [-0.15, -0.1) is 0 Å². The third-order valence-electron chi connectivity index (χ3n) is 4.10. The van der Waals surface area contributed by atoms with E-state index in [9.17, 15) is 23.6 Å². The molecule has 0 bridgehead atoms. The molecule has 0 radical (unpaired) electrons. The molecule has 2 heterocycles. The highest BCUT2D eigenvalue weighted by Crippen LogP contribution is 2.14. The van der Waals surface area contributed by atoms with E-state index in [0.29, 0.717) is 5.56 Å². The van der Waals surface area contributed by atoms with Crippen LogP contribution in [0.4, 0.5) is 9.18 Å². The molecule has 0 unspecified atom stereocenters. The molecule has 0 aliphatic carbocycles. The van der Waals surface area contributed by atoms with Gasteiger partial charge < -0.3 is 0 Å². The number of nitrogens with one attached hydrogen (secondary N) is 2. The molecule has 0 spiro atoms. The summed E-state index contributed by atoms with van der Waals surface area (Å²) < 4.78 is 14.2. The first-order valence-corrected chi connectivity index (χ1v) is 8.10. The van der Waals surface area contributed by atoms with Gasteiger partial charge in [-0.2, -0.15) is 9.67 Å². The molecule has 28 heavy (non-hydrogen) atoms. The second kappa shape index (κ2) is 6.54. The summed E-state index contributed by atoms with van der Waals surface area (Å²) in [6.45, 7) is 0. The summed E-state index contributed by atoms with van der Waals surface area (Å²) in [7, 11) is 0. The van der Waals surface area contributed by atoms with Crippen molar-refractivity contribution < 1.29 is 14.0 Å². The van der Waals surface area contributed by atoms with Gasteiger partial charge in [-0.05, 0) is 35.9 Å². The van der Waals surface area contributed by atoms with Crippen molar-refractivity contribution in [1.82, 2.24) is 15.1 Å². The van der Waals surface area contributed by atoms with Crippen molar-refractivity contribution in [2.24, 2.45) is 4.99 Å². The van der Waals surface area contributed by atoms with Gasteiger partial charge in [0.25, 0.3) is 17.0 Å². The largest absolute Gasteiger partial charge is 0.349 e. The number of aliphatic imine (C=N–C) groups is 1. The van der Waals surface area contributed by atoms with E-state index in [1.165, 1.54) is 42.5 Å². The highest BCUT2D eigenvalue weighted by molar-refractivity contribution is 6.31. The van der Waals surface area contributed by atoms with Crippen LogP contribution in [0.15, 0.2) is 68.7 Å². The smallest absolute Gasteiger partial charge is 0.272 e. The molecule has 0 saturated heterocycles. The van der Waals surface area contributed by atoms with Gasteiger partial charge in [0.15, 0.2) is 5.84 Å². The lowest BCUT2D eigenvalue weighted by Crippen LogP contribution is -2.44. The van der Waals surface area contributed by atoms with Crippen molar-refractivity contribution in [3.05, 3.63) is 86.2 Å². The molecule has 3 amide bonds. The van der Waals surface area contributed by atoms with Crippen LogP contribution in [0.25, 0.3) is 16.8 Å². The molecule has 8 nitrogen and oxygen atoms in total. The molecule has 138 valence electrons. The van der Waals surface area contributed by atoms with E-state index in [2.05, 4.69) is 10.1 Å². The Morgan fingerprint density at radius 3 is 2.46 bits per heavy atom. The van der Waals surface area contributed by atoms with Gasteiger partial charge in [0.05, 0.1) is 16.3 Å². The van der Waals surface area contributed by atoms with Crippen molar-refractivity contribution in [3.63, 3.8) is 0 Å². The van der Waals surface area contributed by atoms with E-state index < -0.39 is 28.9 Å². The molecule has 0 atom stereocenters. The minimum atomic E-state index is -0.989. The van der Waals surface area contributed by atoms with Crippen LogP contribution in [0.5, 0.6) is 0 Å². The fourth-order valence-corrected chi connectivity index (χ4v) is 2.86. The van der Waals surface area contributed by atoms with Crippen LogP contribution in [-0.2, 0) is 4.79 Å². The monoisotopic (exact) mass is 378 g/mol. The lowest BCUT2D eigenvalue weighted by atomic mass is 10.1. The number of H-pyrrole nitrogens is 1. The number of halogens is 1. The predicted octanol–water partition coefficient (Wildman–Crippen LogP) is 1.41. The number of nitrogens with zero attached hydrogens (tertiary/aromatic N) is 2. The summed E-state index contributed by atoms with van der Waals surface area (Å²) in [6.07, 6.45) is 1.27. The number of aromatic nitrogens is 2. The van der Waals surface area contributed by atoms with E-state index in [4.69, 9.17) is 0 Å². The lowest BCUT2D eigenvalue weighted by Gasteiger charge is -2.16. The topological polar surface area (TPSA) is 113 Å². The number of hydrogen-bond acceptors (Lipinski definition) is 4. The number of carbonyl (C=O) groups excluding carboxylic acids is 2. The summed E-state index contributed by atoms with van der Waals surface area (Å²) in [5, 5.41) is 4.58. The van der Waals surface area contributed by atoms with E-state index in [1.807, 2.05) is 5.32 Å². The molecule has 0 saturated carbocycles. The SMILES string of the molecule is O=C1N=C(n2[nH]c(=O)c3ccccc3c2=O)/C(=C/c2cccc(F)c2)C(=O)N1. The maximum atomic E-state index is 13.5. The van der Waals surface area contributed by atoms with Gasteiger partial charge >= 0.3 is 6.03 Å². The number of benzene rings is 2. The predicted molar refractivity (Wildman–Crippen MR) is 99.6 cm³/mol. The lowest BCUT2D eigenvalue weighted by molar-refractivity contribution is -0.116. The van der Waals surface area contributed by atoms with Crippen molar-refractivity contribution in [1.29, 1.82) is 0 Å². The molecule has 1 aromatic heterocycles. The Hall–Kier alpha value is -4.14. The van der Waals surface area contributed by atoms with Gasteiger partial charge in [0.2, 0.25) is 0 Å². The van der Waals surface area contributed by atoms with Gasteiger partial charge in [-0.3, -0.25) is 24.8 Å². The molecular formula is C19H11FN4O4. The van der Waals surface area contributed by atoms with Crippen molar-refractivity contribution >= 4 is 34.6 Å². The van der Waals surface area contributed by atoms with Crippen LogP contribution in [-0.4, -0.2) is 27.6 Å². The normalized spacial score (nSPS) is 15.6.